The number of aromatic nitrogens is 2. The van der Waals surface area contributed by atoms with Gasteiger partial charge in [0.2, 0.25) is 5.91 Å². The van der Waals surface area contributed by atoms with E-state index in [0.717, 1.165) is 16.9 Å². The molecule has 128 valence electrons. The summed E-state index contributed by atoms with van der Waals surface area (Å²) in [5.41, 5.74) is 1.92. The zero-order valence-electron chi connectivity index (χ0n) is 13.7. The second-order valence-electron chi connectivity index (χ2n) is 6.23. The average Bonchev–Trinajstić information content (AvgIpc) is 3.16. The number of ether oxygens (including phenoxy) is 1. The van der Waals surface area contributed by atoms with Crippen molar-refractivity contribution in [2.45, 2.75) is 51.5 Å². The zero-order valence-corrected chi connectivity index (χ0v) is 13.7. The topological polar surface area (TPSA) is 93.5 Å². The van der Waals surface area contributed by atoms with Crippen molar-refractivity contribution in [3.63, 3.8) is 0 Å². The standard InChI is InChI=1S/C17H21N3O4/c1-10(2)20-12-6-4-3-5-11(12)19-15(20)9-18-16(21)13-7-8-14(24-13)17(22)23/h3-6,10,13-14H,7-9H2,1-2H3,(H,18,21)(H,22,23)/t13-,14+/m0/s1. The molecule has 3 rings (SSSR count). The SMILES string of the molecule is CC(C)n1c(CNC(=O)[C@@H]2CC[C@H](C(=O)O)O2)nc2ccccc21. The van der Waals surface area contributed by atoms with Gasteiger partial charge in [0, 0.05) is 6.04 Å². The molecule has 2 atom stereocenters. The fraction of sp³-hybridized carbons (Fsp3) is 0.471. The molecule has 0 bridgehead atoms. The molecule has 7 heteroatoms. The van der Waals surface area contributed by atoms with E-state index in [0.29, 0.717) is 12.8 Å². The Kier molecular flexibility index (Phi) is 4.53. The molecule has 1 amide bonds. The lowest BCUT2D eigenvalue weighted by molar-refractivity contribution is -0.151. The number of benzene rings is 1. The first-order valence-corrected chi connectivity index (χ1v) is 8.09. The third-order valence-electron chi connectivity index (χ3n) is 4.19. The predicted molar refractivity (Wildman–Crippen MR) is 87.5 cm³/mol. The molecule has 1 aliphatic heterocycles. The molecule has 0 saturated carbocycles. The summed E-state index contributed by atoms with van der Waals surface area (Å²) in [5, 5.41) is 11.7. The summed E-state index contributed by atoms with van der Waals surface area (Å²) in [6.07, 6.45) is -0.814. The average molecular weight is 331 g/mol. The molecule has 2 aromatic rings. The van der Waals surface area contributed by atoms with Crippen LogP contribution in [-0.4, -0.2) is 38.7 Å². The minimum atomic E-state index is -1.02. The maximum Gasteiger partial charge on any atom is 0.332 e. The van der Waals surface area contributed by atoms with Gasteiger partial charge in [-0.2, -0.15) is 0 Å². The highest BCUT2D eigenvalue weighted by molar-refractivity contribution is 5.82. The second-order valence-corrected chi connectivity index (χ2v) is 6.23. The summed E-state index contributed by atoms with van der Waals surface area (Å²) in [5.74, 6) is -0.541. The minimum absolute atomic E-state index is 0.212. The van der Waals surface area contributed by atoms with Crippen molar-refractivity contribution >= 4 is 22.9 Å². The molecule has 7 nitrogen and oxygen atoms in total. The number of amides is 1. The maximum atomic E-state index is 12.2. The Balaban J connectivity index is 1.71. The fourth-order valence-corrected chi connectivity index (χ4v) is 3.09. The number of nitrogens with one attached hydrogen (secondary N) is 1. The Labute approximate surface area is 139 Å². The second kappa shape index (κ2) is 6.60. The van der Waals surface area contributed by atoms with Gasteiger partial charge in [-0.3, -0.25) is 4.79 Å². The largest absolute Gasteiger partial charge is 0.479 e. The summed E-state index contributed by atoms with van der Waals surface area (Å²) in [4.78, 5) is 27.7. The van der Waals surface area contributed by atoms with E-state index in [9.17, 15) is 9.59 Å². The van der Waals surface area contributed by atoms with Crippen molar-refractivity contribution in [3.8, 4) is 0 Å². The van der Waals surface area contributed by atoms with E-state index in [4.69, 9.17) is 9.84 Å². The molecule has 2 N–H and O–H groups in total. The summed E-state index contributed by atoms with van der Waals surface area (Å²) in [6, 6.07) is 8.05. The Bertz CT molecular complexity index is 768. The predicted octanol–water partition coefficient (Wildman–Crippen LogP) is 1.87. The highest BCUT2D eigenvalue weighted by Gasteiger charge is 2.34. The summed E-state index contributed by atoms with van der Waals surface area (Å²) >= 11 is 0. The summed E-state index contributed by atoms with van der Waals surface area (Å²) in [6.45, 7) is 4.41. The van der Waals surface area contributed by atoms with Crippen LogP contribution in [0.5, 0.6) is 0 Å². The van der Waals surface area contributed by atoms with Crippen LogP contribution < -0.4 is 5.32 Å². The van der Waals surface area contributed by atoms with Gasteiger partial charge in [0.15, 0.2) is 6.10 Å². The van der Waals surface area contributed by atoms with Crippen LogP contribution in [0.25, 0.3) is 11.0 Å². The lowest BCUT2D eigenvalue weighted by atomic mass is 10.2. The first kappa shape index (κ1) is 16.4. The lowest BCUT2D eigenvalue weighted by Gasteiger charge is -2.15. The van der Waals surface area contributed by atoms with E-state index in [-0.39, 0.29) is 18.5 Å². The number of rotatable bonds is 5. The van der Waals surface area contributed by atoms with Gasteiger partial charge in [-0.25, -0.2) is 9.78 Å². The third-order valence-corrected chi connectivity index (χ3v) is 4.19. The molecule has 1 aromatic heterocycles. The van der Waals surface area contributed by atoms with Crippen molar-refractivity contribution in [3.05, 3.63) is 30.1 Å². The molecule has 0 radical (unpaired) electrons. The first-order chi connectivity index (χ1) is 11.5. The number of carboxylic acid groups (broad SMARTS) is 1. The van der Waals surface area contributed by atoms with E-state index in [1.165, 1.54) is 0 Å². The Morgan fingerprint density at radius 3 is 2.71 bits per heavy atom. The van der Waals surface area contributed by atoms with Crippen LogP contribution in [0.15, 0.2) is 24.3 Å². The van der Waals surface area contributed by atoms with Crippen LogP contribution in [0.2, 0.25) is 0 Å². The Morgan fingerprint density at radius 2 is 2.04 bits per heavy atom. The van der Waals surface area contributed by atoms with Crippen LogP contribution in [0.4, 0.5) is 0 Å². The number of nitrogens with zero attached hydrogens (tertiary/aromatic N) is 2. The van der Waals surface area contributed by atoms with Crippen molar-refractivity contribution < 1.29 is 19.4 Å². The molecule has 24 heavy (non-hydrogen) atoms. The number of para-hydroxylation sites is 2. The van der Waals surface area contributed by atoms with E-state index in [2.05, 4.69) is 28.7 Å². The van der Waals surface area contributed by atoms with Gasteiger partial charge in [-0.15, -0.1) is 0 Å². The van der Waals surface area contributed by atoms with Gasteiger partial charge < -0.3 is 19.7 Å². The first-order valence-electron chi connectivity index (χ1n) is 8.09. The van der Waals surface area contributed by atoms with Gasteiger partial charge in [-0.05, 0) is 38.8 Å². The van der Waals surface area contributed by atoms with Crippen LogP contribution in [-0.2, 0) is 20.9 Å². The maximum absolute atomic E-state index is 12.2. The lowest BCUT2D eigenvalue weighted by Crippen LogP contribution is -2.35. The number of carboxylic acids is 1. The van der Waals surface area contributed by atoms with Crippen molar-refractivity contribution in [2.75, 3.05) is 0 Å². The molecule has 0 unspecified atom stereocenters. The van der Waals surface area contributed by atoms with E-state index in [1.54, 1.807) is 0 Å². The van der Waals surface area contributed by atoms with Crippen LogP contribution in [0.1, 0.15) is 38.6 Å². The molecule has 1 aliphatic rings. The van der Waals surface area contributed by atoms with Crippen molar-refractivity contribution in [1.29, 1.82) is 0 Å². The highest BCUT2D eigenvalue weighted by Crippen LogP contribution is 2.22. The number of hydrogen-bond acceptors (Lipinski definition) is 4. The molecule has 2 heterocycles. The molecular weight excluding hydrogens is 310 g/mol. The number of carbonyl (C=O) groups excluding carboxylic acids is 1. The molecule has 1 aromatic carbocycles. The van der Waals surface area contributed by atoms with Gasteiger partial charge in [0.1, 0.15) is 11.9 Å². The Hall–Kier alpha value is -2.41. The Morgan fingerprint density at radius 1 is 1.33 bits per heavy atom. The molecular formula is C17H21N3O4. The summed E-state index contributed by atoms with van der Waals surface area (Å²) in [7, 11) is 0. The van der Waals surface area contributed by atoms with Gasteiger partial charge in [-0.1, -0.05) is 12.1 Å². The number of carbonyl (C=O) groups is 2. The molecule has 0 spiro atoms. The number of hydrogen-bond donors (Lipinski definition) is 2. The molecule has 1 fully saturated rings. The highest BCUT2D eigenvalue weighted by atomic mass is 16.5. The van der Waals surface area contributed by atoms with Gasteiger partial charge >= 0.3 is 5.97 Å². The van der Waals surface area contributed by atoms with Crippen LogP contribution in [0, 0.1) is 0 Å². The molecule has 0 aliphatic carbocycles. The van der Waals surface area contributed by atoms with Crippen LogP contribution in [0.3, 0.4) is 0 Å². The number of fused-ring (bicyclic) bond motifs is 1. The minimum Gasteiger partial charge on any atom is -0.479 e. The van der Waals surface area contributed by atoms with Gasteiger partial charge in [0.25, 0.3) is 0 Å². The zero-order chi connectivity index (χ0) is 17.3. The number of imidazole rings is 1. The quantitative estimate of drug-likeness (QED) is 0.872. The normalized spacial score (nSPS) is 20.6. The fourth-order valence-electron chi connectivity index (χ4n) is 3.09. The van der Waals surface area contributed by atoms with Crippen LogP contribution >= 0.6 is 0 Å². The monoisotopic (exact) mass is 331 g/mol. The van der Waals surface area contributed by atoms with E-state index in [1.807, 2.05) is 24.3 Å². The number of aliphatic carboxylic acids is 1. The van der Waals surface area contributed by atoms with Crippen molar-refractivity contribution in [2.24, 2.45) is 0 Å². The summed E-state index contributed by atoms with van der Waals surface area (Å²) < 4.78 is 7.36. The van der Waals surface area contributed by atoms with E-state index < -0.39 is 18.2 Å². The van der Waals surface area contributed by atoms with Crippen molar-refractivity contribution in [1.82, 2.24) is 14.9 Å². The van der Waals surface area contributed by atoms with E-state index >= 15 is 0 Å². The third kappa shape index (κ3) is 3.12. The van der Waals surface area contributed by atoms with Gasteiger partial charge in [0.05, 0.1) is 17.6 Å². The molecule has 1 saturated heterocycles. The smallest absolute Gasteiger partial charge is 0.332 e.